The van der Waals surface area contributed by atoms with E-state index in [-0.39, 0.29) is 16.0 Å². The zero-order chi connectivity index (χ0) is 18.6. The molecule has 9 heteroatoms. The number of sulfone groups is 1. The Balaban J connectivity index is 2.07. The van der Waals surface area contributed by atoms with Crippen molar-refractivity contribution >= 4 is 32.2 Å². The van der Waals surface area contributed by atoms with Crippen molar-refractivity contribution in [3.63, 3.8) is 0 Å². The van der Waals surface area contributed by atoms with E-state index >= 15 is 0 Å². The standard InChI is InChI=1S/C17H16FN5O2S/c1-9-14(10-4-5-13-21-12(19-2)8-23(13)7-10)11-6-20-22-16(11)17(15(9)18)26(3,24)25/h4-8,19H,1-3H3,(H,20,22). The van der Waals surface area contributed by atoms with Gasteiger partial charge in [-0.15, -0.1) is 0 Å². The van der Waals surface area contributed by atoms with Crippen LogP contribution in [0.5, 0.6) is 0 Å². The number of aromatic nitrogens is 4. The van der Waals surface area contributed by atoms with Gasteiger partial charge in [0.2, 0.25) is 0 Å². The van der Waals surface area contributed by atoms with E-state index in [0.717, 1.165) is 17.5 Å². The van der Waals surface area contributed by atoms with Gasteiger partial charge in [-0.25, -0.2) is 17.8 Å². The SMILES string of the molecule is CNc1cn2cc(-c3c(C)c(F)c(S(C)(=O)=O)c4[nH]ncc34)ccc2n1. The molecule has 4 aromatic rings. The molecule has 0 aliphatic rings. The fourth-order valence-corrected chi connectivity index (χ4v) is 4.23. The van der Waals surface area contributed by atoms with E-state index < -0.39 is 15.7 Å². The second-order valence-corrected chi connectivity index (χ2v) is 8.09. The van der Waals surface area contributed by atoms with Crippen molar-refractivity contribution in [1.82, 2.24) is 19.6 Å². The molecule has 0 bridgehead atoms. The minimum atomic E-state index is -3.76. The smallest absolute Gasteiger partial charge is 0.180 e. The van der Waals surface area contributed by atoms with Gasteiger partial charge in [-0.05, 0) is 30.2 Å². The fourth-order valence-electron chi connectivity index (χ4n) is 3.22. The highest BCUT2D eigenvalue weighted by Gasteiger charge is 2.25. The predicted octanol–water partition coefficient (Wildman–Crippen LogP) is 2.77. The van der Waals surface area contributed by atoms with Crippen molar-refractivity contribution in [3.05, 3.63) is 42.1 Å². The molecule has 3 heterocycles. The van der Waals surface area contributed by atoms with Gasteiger partial charge in [-0.2, -0.15) is 5.10 Å². The number of nitrogens with zero attached hydrogens (tertiary/aromatic N) is 3. The normalized spacial score (nSPS) is 12.2. The summed E-state index contributed by atoms with van der Waals surface area (Å²) in [7, 11) is -1.98. The largest absolute Gasteiger partial charge is 0.372 e. The Morgan fingerprint density at radius 2 is 2.04 bits per heavy atom. The highest BCUT2D eigenvalue weighted by molar-refractivity contribution is 7.91. The molecule has 0 radical (unpaired) electrons. The summed E-state index contributed by atoms with van der Waals surface area (Å²) in [5.41, 5.74) is 2.51. The van der Waals surface area contributed by atoms with Crippen LogP contribution < -0.4 is 5.32 Å². The molecule has 0 saturated carbocycles. The average molecular weight is 373 g/mol. The van der Waals surface area contributed by atoms with Crippen molar-refractivity contribution in [2.24, 2.45) is 0 Å². The van der Waals surface area contributed by atoms with Crippen LogP contribution in [0, 0.1) is 12.7 Å². The molecule has 1 aromatic carbocycles. The molecule has 26 heavy (non-hydrogen) atoms. The Morgan fingerprint density at radius 3 is 2.73 bits per heavy atom. The van der Waals surface area contributed by atoms with Gasteiger partial charge in [-0.3, -0.25) is 5.10 Å². The molecule has 0 spiro atoms. The Morgan fingerprint density at radius 1 is 1.27 bits per heavy atom. The number of imidazole rings is 1. The van der Waals surface area contributed by atoms with Crippen molar-refractivity contribution in [3.8, 4) is 11.1 Å². The summed E-state index contributed by atoms with van der Waals surface area (Å²) in [4.78, 5) is 4.03. The summed E-state index contributed by atoms with van der Waals surface area (Å²) >= 11 is 0. The highest BCUT2D eigenvalue weighted by atomic mass is 32.2. The zero-order valence-electron chi connectivity index (χ0n) is 14.3. The van der Waals surface area contributed by atoms with E-state index in [4.69, 9.17) is 0 Å². The maximum absolute atomic E-state index is 15.0. The fraction of sp³-hybridized carbons (Fsp3) is 0.176. The summed E-state index contributed by atoms with van der Waals surface area (Å²) in [6, 6.07) is 3.65. The summed E-state index contributed by atoms with van der Waals surface area (Å²) in [6.45, 7) is 1.57. The van der Waals surface area contributed by atoms with Gasteiger partial charge in [0.05, 0.1) is 17.9 Å². The van der Waals surface area contributed by atoms with Crippen LogP contribution in [0.15, 0.2) is 35.6 Å². The molecule has 0 fully saturated rings. The molecule has 0 aliphatic carbocycles. The first-order chi connectivity index (χ1) is 12.3. The third-order valence-electron chi connectivity index (χ3n) is 4.41. The summed E-state index contributed by atoms with van der Waals surface area (Å²) < 4.78 is 40.9. The van der Waals surface area contributed by atoms with E-state index in [0.29, 0.717) is 16.8 Å². The minimum Gasteiger partial charge on any atom is -0.372 e. The number of aromatic amines is 1. The number of halogens is 1. The zero-order valence-corrected chi connectivity index (χ0v) is 15.1. The average Bonchev–Trinajstić information content (AvgIpc) is 3.20. The third kappa shape index (κ3) is 2.35. The van der Waals surface area contributed by atoms with Gasteiger partial charge < -0.3 is 9.72 Å². The maximum Gasteiger partial charge on any atom is 0.180 e. The van der Waals surface area contributed by atoms with Gasteiger partial charge in [0, 0.05) is 30.4 Å². The van der Waals surface area contributed by atoms with Crippen LogP contribution in [0.4, 0.5) is 10.2 Å². The Hall–Kier alpha value is -2.94. The number of benzene rings is 1. The molecule has 0 atom stereocenters. The van der Waals surface area contributed by atoms with Gasteiger partial charge in [0.25, 0.3) is 0 Å². The molecular weight excluding hydrogens is 357 g/mol. The van der Waals surface area contributed by atoms with Gasteiger partial charge in [-0.1, -0.05) is 0 Å². The van der Waals surface area contributed by atoms with E-state index in [1.165, 1.54) is 6.20 Å². The lowest BCUT2D eigenvalue weighted by molar-refractivity contribution is 0.569. The Kier molecular flexibility index (Phi) is 3.52. The lowest BCUT2D eigenvalue weighted by atomic mass is 9.97. The van der Waals surface area contributed by atoms with Crippen LogP contribution in [-0.2, 0) is 9.84 Å². The topological polar surface area (TPSA) is 92.2 Å². The highest BCUT2D eigenvalue weighted by Crippen LogP contribution is 2.37. The summed E-state index contributed by atoms with van der Waals surface area (Å²) in [5.74, 6) is -0.0492. The number of fused-ring (bicyclic) bond motifs is 2. The number of nitrogens with one attached hydrogen (secondary N) is 2. The van der Waals surface area contributed by atoms with E-state index in [1.807, 2.05) is 28.9 Å². The van der Waals surface area contributed by atoms with Crippen LogP contribution in [0.25, 0.3) is 27.7 Å². The molecule has 4 rings (SSSR count). The lowest BCUT2D eigenvalue weighted by Gasteiger charge is -2.13. The van der Waals surface area contributed by atoms with Gasteiger partial charge in [0.15, 0.2) is 9.84 Å². The van der Waals surface area contributed by atoms with Crippen LogP contribution in [0.2, 0.25) is 0 Å². The number of hydrogen-bond acceptors (Lipinski definition) is 5. The Labute approximate surface area is 148 Å². The quantitative estimate of drug-likeness (QED) is 0.576. The molecule has 0 unspecified atom stereocenters. The van der Waals surface area contributed by atoms with Gasteiger partial charge in [0.1, 0.15) is 22.2 Å². The molecule has 7 nitrogen and oxygen atoms in total. The molecule has 2 N–H and O–H groups in total. The Bertz CT molecular complexity index is 1270. The summed E-state index contributed by atoms with van der Waals surface area (Å²) in [6.07, 6.45) is 6.16. The van der Waals surface area contributed by atoms with Crippen LogP contribution in [-0.4, -0.2) is 41.3 Å². The molecule has 3 aromatic heterocycles. The van der Waals surface area contributed by atoms with Crippen molar-refractivity contribution in [2.75, 3.05) is 18.6 Å². The second-order valence-electron chi connectivity index (χ2n) is 6.13. The molecule has 0 saturated heterocycles. The molecular formula is C17H16FN5O2S. The van der Waals surface area contributed by atoms with E-state index in [9.17, 15) is 12.8 Å². The second kappa shape index (κ2) is 5.53. The number of anilines is 1. The molecule has 0 aliphatic heterocycles. The molecule has 0 amide bonds. The minimum absolute atomic E-state index is 0.173. The van der Waals surface area contributed by atoms with E-state index in [1.54, 1.807) is 14.0 Å². The van der Waals surface area contributed by atoms with Crippen LogP contribution >= 0.6 is 0 Å². The number of H-pyrrole nitrogens is 1. The van der Waals surface area contributed by atoms with E-state index in [2.05, 4.69) is 20.5 Å². The van der Waals surface area contributed by atoms with Crippen LogP contribution in [0.3, 0.4) is 0 Å². The number of pyridine rings is 1. The number of hydrogen-bond donors (Lipinski definition) is 2. The predicted molar refractivity (Wildman–Crippen MR) is 97.6 cm³/mol. The maximum atomic E-state index is 15.0. The first-order valence-corrected chi connectivity index (χ1v) is 9.72. The van der Waals surface area contributed by atoms with Crippen molar-refractivity contribution in [2.45, 2.75) is 11.8 Å². The monoisotopic (exact) mass is 373 g/mol. The number of rotatable bonds is 3. The lowest BCUT2D eigenvalue weighted by Crippen LogP contribution is -2.05. The van der Waals surface area contributed by atoms with Crippen LogP contribution in [0.1, 0.15) is 5.56 Å². The first kappa shape index (κ1) is 16.5. The molecule has 134 valence electrons. The van der Waals surface area contributed by atoms with Crippen molar-refractivity contribution in [1.29, 1.82) is 0 Å². The first-order valence-electron chi connectivity index (χ1n) is 7.83. The van der Waals surface area contributed by atoms with Crippen molar-refractivity contribution < 1.29 is 12.8 Å². The van der Waals surface area contributed by atoms with Gasteiger partial charge >= 0.3 is 0 Å². The third-order valence-corrected chi connectivity index (χ3v) is 5.53. The summed E-state index contributed by atoms with van der Waals surface area (Å²) in [5, 5.41) is 10.1.